The zero-order valence-corrected chi connectivity index (χ0v) is 12.4. The third-order valence-corrected chi connectivity index (χ3v) is 3.51. The Labute approximate surface area is 110 Å². The summed E-state index contributed by atoms with van der Waals surface area (Å²) in [6.45, 7) is 11.2. The fourth-order valence-corrected chi connectivity index (χ4v) is 1.96. The molecule has 0 aliphatic heterocycles. The average Bonchev–Trinajstić information content (AvgIpc) is 2.38. The fourth-order valence-electron chi connectivity index (χ4n) is 1.96. The third kappa shape index (κ3) is 2.80. The zero-order valence-electron chi connectivity index (χ0n) is 12.4. The molecular formula is C14H25N3O. The largest absolute Gasteiger partial charge is 0.371 e. The molecule has 0 spiro atoms. The molecule has 1 heterocycles. The Balaban J connectivity index is 3.31. The summed E-state index contributed by atoms with van der Waals surface area (Å²) in [5, 5.41) is 3.32. The number of nitrogens with one attached hydrogen (secondary N) is 1. The van der Waals surface area contributed by atoms with E-state index in [4.69, 9.17) is 4.74 Å². The van der Waals surface area contributed by atoms with E-state index in [-0.39, 0.29) is 0 Å². The Morgan fingerprint density at radius 2 is 1.89 bits per heavy atom. The van der Waals surface area contributed by atoms with Crippen molar-refractivity contribution in [1.82, 2.24) is 9.97 Å². The molecule has 1 aromatic rings. The summed E-state index contributed by atoms with van der Waals surface area (Å²) < 4.78 is 5.58. The standard InChI is InChI=1S/C14H25N3O/c1-7-11-10(4)16-13(14(5,8-2)18-6)17-12(11)15-9-3/h7-9H2,1-6H3,(H,15,16,17). The number of aryl methyl sites for hydroxylation is 1. The summed E-state index contributed by atoms with van der Waals surface area (Å²) in [6, 6.07) is 0. The zero-order chi connectivity index (χ0) is 13.8. The van der Waals surface area contributed by atoms with Crippen molar-refractivity contribution < 1.29 is 4.74 Å². The molecule has 18 heavy (non-hydrogen) atoms. The van der Waals surface area contributed by atoms with Crippen LogP contribution in [-0.4, -0.2) is 23.6 Å². The lowest BCUT2D eigenvalue weighted by molar-refractivity contribution is -0.00902. The lowest BCUT2D eigenvalue weighted by Crippen LogP contribution is -2.27. The van der Waals surface area contributed by atoms with Crippen LogP contribution in [-0.2, 0) is 16.8 Å². The monoisotopic (exact) mass is 251 g/mol. The van der Waals surface area contributed by atoms with E-state index in [1.54, 1.807) is 7.11 Å². The van der Waals surface area contributed by atoms with Crippen LogP contribution in [0.4, 0.5) is 5.82 Å². The Kier molecular flexibility index (Phi) is 5.08. The molecule has 4 nitrogen and oxygen atoms in total. The molecule has 1 rings (SSSR count). The highest BCUT2D eigenvalue weighted by Crippen LogP contribution is 2.28. The number of hydrogen-bond acceptors (Lipinski definition) is 4. The first kappa shape index (κ1) is 14.9. The van der Waals surface area contributed by atoms with Crippen molar-refractivity contribution in [2.24, 2.45) is 0 Å². The molecule has 102 valence electrons. The lowest BCUT2D eigenvalue weighted by Gasteiger charge is -2.26. The highest BCUT2D eigenvalue weighted by Gasteiger charge is 2.28. The van der Waals surface area contributed by atoms with Crippen molar-refractivity contribution in [3.8, 4) is 0 Å². The van der Waals surface area contributed by atoms with Crippen molar-refractivity contribution in [1.29, 1.82) is 0 Å². The first-order valence-electron chi connectivity index (χ1n) is 6.69. The van der Waals surface area contributed by atoms with Gasteiger partial charge in [-0.15, -0.1) is 0 Å². The van der Waals surface area contributed by atoms with Gasteiger partial charge in [-0.1, -0.05) is 13.8 Å². The van der Waals surface area contributed by atoms with E-state index in [1.807, 2.05) is 13.8 Å². The SMILES string of the molecule is CCNc1nc(C(C)(CC)OC)nc(C)c1CC. The average molecular weight is 251 g/mol. The Morgan fingerprint density at radius 1 is 1.22 bits per heavy atom. The summed E-state index contributed by atoms with van der Waals surface area (Å²) in [5.74, 6) is 1.71. The molecule has 0 radical (unpaired) electrons. The van der Waals surface area contributed by atoms with Gasteiger partial charge in [0.25, 0.3) is 0 Å². The second-order valence-electron chi connectivity index (χ2n) is 4.63. The quantitative estimate of drug-likeness (QED) is 0.844. The molecular weight excluding hydrogens is 226 g/mol. The lowest BCUT2D eigenvalue weighted by atomic mass is 10.0. The molecule has 0 saturated heterocycles. The van der Waals surface area contributed by atoms with Crippen molar-refractivity contribution >= 4 is 5.82 Å². The Hall–Kier alpha value is -1.16. The minimum Gasteiger partial charge on any atom is -0.371 e. The molecule has 0 bridgehead atoms. The number of methoxy groups -OCH3 is 1. The van der Waals surface area contributed by atoms with Gasteiger partial charge in [0.15, 0.2) is 5.82 Å². The minimum atomic E-state index is -0.415. The Bertz CT molecular complexity index is 400. The van der Waals surface area contributed by atoms with Crippen LogP contribution in [0.25, 0.3) is 0 Å². The fraction of sp³-hybridized carbons (Fsp3) is 0.714. The molecule has 1 N–H and O–H groups in total. The van der Waals surface area contributed by atoms with Gasteiger partial charge < -0.3 is 10.1 Å². The molecule has 0 amide bonds. The van der Waals surface area contributed by atoms with Crippen molar-refractivity contribution in [3.63, 3.8) is 0 Å². The summed E-state index contributed by atoms with van der Waals surface area (Å²) in [4.78, 5) is 9.29. The summed E-state index contributed by atoms with van der Waals surface area (Å²) in [7, 11) is 1.71. The van der Waals surface area contributed by atoms with E-state index in [0.717, 1.165) is 36.7 Å². The maximum atomic E-state index is 5.58. The molecule has 0 saturated carbocycles. The Morgan fingerprint density at radius 3 is 2.33 bits per heavy atom. The highest BCUT2D eigenvalue weighted by atomic mass is 16.5. The highest BCUT2D eigenvalue weighted by molar-refractivity contribution is 5.46. The van der Waals surface area contributed by atoms with Gasteiger partial charge in [-0.3, -0.25) is 0 Å². The van der Waals surface area contributed by atoms with Crippen LogP contribution in [0.5, 0.6) is 0 Å². The van der Waals surface area contributed by atoms with Gasteiger partial charge in [0.2, 0.25) is 0 Å². The summed E-state index contributed by atoms with van der Waals surface area (Å²) in [5.41, 5.74) is 1.81. The normalized spacial score (nSPS) is 14.3. The maximum absolute atomic E-state index is 5.58. The van der Waals surface area contributed by atoms with Crippen LogP contribution < -0.4 is 5.32 Å². The van der Waals surface area contributed by atoms with Crippen LogP contribution in [0.2, 0.25) is 0 Å². The van der Waals surface area contributed by atoms with Gasteiger partial charge >= 0.3 is 0 Å². The number of nitrogens with zero attached hydrogens (tertiary/aromatic N) is 2. The van der Waals surface area contributed by atoms with Crippen molar-refractivity contribution in [3.05, 3.63) is 17.1 Å². The molecule has 0 aliphatic rings. The maximum Gasteiger partial charge on any atom is 0.162 e. The van der Waals surface area contributed by atoms with Gasteiger partial charge in [-0.05, 0) is 33.6 Å². The molecule has 4 heteroatoms. The number of aromatic nitrogens is 2. The van der Waals surface area contributed by atoms with Crippen LogP contribution in [0, 0.1) is 6.92 Å². The molecule has 0 aliphatic carbocycles. The van der Waals surface area contributed by atoms with E-state index in [9.17, 15) is 0 Å². The van der Waals surface area contributed by atoms with Crippen LogP contribution in [0.1, 0.15) is 51.2 Å². The number of rotatable bonds is 6. The van der Waals surface area contributed by atoms with Crippen LogP contribution in [0.3, 0.4) is 0 Å². The minimum absolute atomic E-state index is 0.415. The molecule has 1 aromatic heterocycles. The molecule has 0 fully saturated rings. The van der Waals surface area contributed by atoms with E-state index in [0.29, 0.717) is 0 Å². The third-order valence-electron chi connectivity index (χ3n) is 3.51. The number of ether oxygens (including phenoxy) is 1. The van der Waals surface area contributed by atoms with E-state index < -0.39 is 5.60 Å². The second-order valence-corrected chi connectivity index (χ2v) is 4.63. The van der Waals surface area contributed by atoms with Crippen molar-refractivity contribution in [2.45, 2.75) is 53.1 Å². The predicted molar refractivity (Wildman–Crippen MR) is 75.0 cm³/mol. The molecule has 1 unspecified atom stereocenters. The smallest absolute Gasteiger partial charge is 0.162 e. The number of hydrogen-bond donors (Lipinski definition) is 1. The van der Waals surface area contributed by atoms with Crippen LogP contribution >= 0.6 is 0 Å². The first-order valence-corrected chi connectivity index (χ1v) is 6.69. The van der Waals surface area contributed by atoms with Crippen LogP contribution in [0.15, 0.2) is 0 Å². The van der Waals surface area contributed by atoms with E-state index in [2.05, 4.69) is 36.1 Å². The molecule has 1 atom stereocenters. The number of anilines is 1. The van der Waals surface area contributed by atoms with Gasteiger partial charge in [0.1, 0.15) is 11.4 Å². The van der Waals surface area contributed by atoms with E-state index in [1.165, 1.54) is 5.56 Å². The van der Waals surface area contributed by atoms with Crippen molar-refractivity contribution in [2.75, 3.05) is 19.0 Å². The van der Waals surface area contributed by atoms with Gasteiger partial charge in [0, 0.05) is 24.9 Å². The first-order chi connectivity index (χ1) is 8.52. The summed E-state index contributed by atoms with van der Waals surface area (Å²) >= 11 is 0. The summed E-state index contributed by atoms with van der Waals surface area (Å²) in [6.07, 6.45) is 1.78. The van der Waals surface area contributed by atoms with E-state index >= 15 is 0 Å². The van der Waals surface area contributed by atoms with Gasteiger partial charge in [-0.2, -0.15) is 0 Å². The van der Waals surface area contributed by atoms with Gasteiger partial charge in [0.05, 0.1) is 0 Å². The molecule has 0 aromatic carbocycles. The topological polar surface area (TPSA) is 47.0 Å². The van der Waals surface area contributed by atoms with Gasteiger partial charge in [-0.25, -0.2) is 9.97 Å². The predicted octanol–water partition coefficient (Wildman–Crippen LogP) is 3.05. The second kappa shape index (κ2) is 6.14.